The predicted octanol–water partition coefficient (Wildman–Crippen LogP) is 1.33. The monoisotopic (exact) mass is 266 g/mol. The Morgan fingerprint density at radius 1 is 1.26 bits per heavy atom. The Labute approximate surface area is 116 Å². The summed E-state index contributed by atoms with van der Waals surface area (Å²) in [5, 5.41) is 6.59. The van der Waals surface area contributed by atoms with Gasteiger partial charge in [0.2, 0.25) is 0 Å². The maximum atomic E-state index is 5.28. The van der Waals surface area contributed by atoms with Crippen LogP contribution >= 0.6 is 0 Å². The summed E-state index contributed by atoms with van der Waals surface area (Å²) in [6.45, 7) is 9.29. The summed E-state index contributed by atoms with van der Waals surface area (Å²) in [6, 6.07) is 3.89. The van der Waals surface area contributed by atoms with Gasteiger partial charge >= 0.3 is 0 Å². The van der Waals surface area contributed by atoms with Crippen molar-refractivity contribution in [1.29, 1.82) is 0 Å². The minimum atomic E-state index is 0.818. The normalized spacial score (nSPS) is 11.9. The van der Waals surface area contributed by atoms with Gasteiger partial charge in [-0.25, -0.2) is 0 Å². The first-order valence-corrected chi connectivity index (χ1v) is 6.99. The van der Waals surface area contributed by atoms with Crippen LogP contribution in [0.5, 0.6) is 0 Å². The van der Waals surface area contributed by atoms with Gasteiger partial charge in [0.25, 0.3) is 0 Å². The van der Waals surface area contributed by atoms with Crippen LogP contribution in [0.3, 0.4) is 0 Å². The zero-order valence-electron chi connectivity index (χ0n) is 12.3. The molecule has 1 aromatic heterocycles. The number of guanidine groups is 1. The van der Waals surface area contributed by atoms with Gasteiger partial charge < -0.3 is 20.0 Å². The number of aliphatic imine (C=N–C) groups is 1. The third-order valence-electron chi connectivity index (χ3n) is 3.08. The van der Waals surface area contributed by atoms with Crippen molar-refractivity contribution in [2.75, 3.05) is 39.8 Å². The van der Waals surface area contributed by atoms with Crippen LogP contribution in [-0.4, -0.2) is 50.6 Å². The van der Waals surface area contributed by atoms with E-state index >= 15 is 0 Å². The fraction of sp³-hybridized carbons (Fsp3) is 0.643. The number of furan rings is 1. The number of nitrogens with one attached hydrogen (secondary N) is 2. The molecule has 0 saturated heterocycles. The lowest BCUT2D eigenvalue weighted by molar-refractivity contribution is 0.308. The molecule has 1 aromatic rings. The van der Waals surface area contributed by atoms with Crippen LogP contribution in [-0.2, 0) is 6.42 Å². The average Bonchev–Trinajstić information content (AvgIpc) is 2.95. The van der Waals surface area contributed by atoms with E-state index in [0.717, 1.165) is 50.9 Å². The fourth-order valence-electron chi connectivity index (χ4n) is 1.85. The summed E-state index contributed by atoms with van der Waals surface area (Å²) >= 11 is 0. The molecule has 1 rings (SSSR count). The van der Waals surface area contributed by atoms with E-state index in [1.165, 1.54) is 0 Å². The Kier molecular flexibility index (Phi) is 7.74. The third-order valence-corrected chi connectivity index (χ3v) is 3.08. The first-order valence-electron chi connectivity index (χ1n) is 6.99. The van der Waals surface area contributed by atoms with E-state index in [1.807, 2.05) is 12.1 Å². The van der Waals surface area contributed by atoms with Gasteiger partial charge in [0, 0.05) is 33.1 Å². The molecule has 108 valence electrons. The molecule has 5 heteroatoms. The Morgan fingerprint density at radius 2 is 2.00 bits per heavy atom. The summed E-state index contributed by atoms with van der Waals surface area (Å²) in [6.07, 6.45) is 2.57. The molecule has 0 atom stereocenters. The van der Waals surface area contributed by atoms with Gasteiger partial charge in [0.15, 0.2) is 5.96 Å². The standard InChI is InChI=1S/C14H26N4O/c1-4-18(5-2)11-10-17-14(15-3)16-9-8-13-7-6-12-19-13/h6-7,12H,4-5,8-11H2,1-3H3,(H2,15,16,17). The molecule has 0 aliphatic rings. The first-order chi connectivity index (χ1) is 9.30. The fourth-order valence-corrected chi connectivity index (χ4v) is 1.85. The maximum absolute atomic E-state index is 5.28. The van der Waals surface area contributed by atoms with Crippen LogP contribution in [0.25, 0.3) is 0 Å². The Hall–Kier alpha value is -1.49. The van der Waals surface area contributed by atoms with Crippen molar-refractivity contribution < 1.29 is 4.42 Å². The second kappa shape index (κ2) is 9.44. The topological polar surface area (TPSA) is 52.8 Å². The van der Waals surface area contributed by atoms with Crippen LogP contribution in [0.1, 0.15) is 19.6 Å². The zero-order chi connectivity index (χ0) is 13.9. The van der Waals surface area contributed by atoms with Gasteiger partial charge in [-0.2, -0.15) is 0 Å². The molecule has 0 bridgehead atoms. The summed E-state index contributed by atoms with van der Waals surface area (Å²) in [7, 11) is 1.79. The van der Waals surface area contributed by atoms with Crippen LogP contribution in [0.2, 0.25) is 0 Å². The molecule has 2 N–H and O–H groups in total. The molecule has 0 radical (unpaired) electrons. The Morgan fingerprint density at radius 3 is 2.58 bits per heavy atom. The lowest BCUT2D eigenvalue weighted by Crippen LogP contribution is -2.42. The highest BCUT2D eigenvalue weighted by Gasteiger charge is 2.01. The van der Waals surface area contributed by atoms with Crippen molar-refractivity contribution in [1.82, 2.24) is 15.5 Å². The zero-order valence-corrected chi connectivity index (χ0v) is 12.3. The van der Waals surface area contributed by atoms with Gasteiger partial charge in [0.1, 0.15) is 5.76 Å². The lowest BCUT2D eigenvalue weighted by atomic mass is 10.3. The van der Waals surface area contributed by atoms with Crippen molar-refractivity contribution in [2.24, 2.45) is 4.99 Å². The lowest BCUT2D eigenvalue weighted by Gasteiger charge is -2.19. The molecule has 1 heterocycles. The molecule has 0 unspecified atom stereocenters. The molecule has 0 saturated carbocycles. The van der Waals surface area contributed by atoms with Crippen molar-refractivity contribution in [2.45, 2.75) is 20.3 Å². The molecule has 0 aromatic carbocycles. The molecule has 0 spiro atoms. The van der Waals surface area contributed by atoms with E-state index in [2.05, 4.69) is 34.4 Å². The third kappa shape index (κ3) is 6.29. The van der Waals surface area contributed by atoms with E-state index in [-0.39, 0.29) is 0 Å². The average molecular weight is 266 g/mol. The molecule has 19 heavy (non-hydrogen) atoms. The van der Waals surface area contributed by atoms with Gasteiger partial charge in [-0.3, -0.25) is 4.99 Å². The summed E-state index contributed by atoms with van der Waals surface area (Å²) in [5.41, 5.74) is 0. The molecular formula is C14H26N4O. The largest absolute Gasteiger partial charge is 0.469 e. The second-order valence-electron chi connectivity index (χ2n) is 4.28. The summed E-state index contributed by atoms with van der Waals surface area (Å²) < 4.78 is 5.28. The van der Waals surface area contributed by atoms with Crippen molar-refractivity contribution in [3.63, 3.8) is 0 Å². The van der Waals surface area contributed by atoms with Gasteiger partial charge in [-0.15, -0.1) is 0 Å². The van der Waals surface area contributed by atoms with Crippen LogP contribution in [0, 0.1) is 0 Å². The smallest absolute Gasteiger partial charge is 0.191 e. The number of likely N-dealkylation sites (N-methyl/N-ethyl adjacent to an activating group) is 1. The van der Waals surface area contributed by atoms with E-state index in [9.17, 15) is 0 Å². The highest BCUT2D eigenvalue weighted by molar-refractivity contribution is 5.79. The van der Waals surface area contributed by atoms with Crippen LogP contribution in [0.15, 0.2) is 27.8 Å². The molecule has 5 nitrogen and oxygen atoms in total. The molecule has 0 aliphatic carbocycles. The van der Waals surface area contributed by atoms with Crippen molar-refractivity contribution in [3.05, 3.63) is 24.2 Å². The molecule has 0 amide bonds. The minimum absolute atomic E-state index is 0.818. The summed E-state index contributed by atoms with van der Waals surface area (Å²) in [4.78, 5) is 6.58. The number of rotatable bonds is 8. The highest BCUT2D eigenvalue weighted by Crippen LogP contribution is 1.99. The first kappa shape index (κ1) is 15.6. The van der Waals surface area contributed by atoms with Crippen LogP contribution in [0.4, 0.5) is 0 Å². The SMILES string of the molecule is CCN(CC)CCNC(=NC)NCCc1ccco1. The Balaban J connectivity index is 2.15. The summed E-state index contributed by atoms with van der Waals surface area (Å²) in [5.74, 6) is 1.84. The number of nitrogens with zero attached hydrogens (tertiary/aromatic N) is 2. The van der Waals surface area contributed by atoms with E-state index in [0.29, 0.717) is 0 Å². The van der Waals surface area contributed by atoms with Crippen molar-refractivity contribution >= 4 is 5.96 Å². The van der Waals surface area contributed by atoms with E-state index < -0.39 is 0 Å². The van der Waals surface area contributed by atoms with Gasteiger partial charge in [-0.05, 0) is 25.2 Å². The molecule has 0 aliphatic heterocycles. The van der Waals surface area contributed by atoms with E-state index in [4.69, 9.17) is 4.42 Å². The van der Waals surface area contributed by atoms with E-state index in [1.54, 1.807) is 13.3 Å². The predicted molar refractivity (Wildman–Crippen MR) is 79.6 cm³/mol. The minimum Gasteiger partial charge on any atom is -0.469 e. The maximum Gasteiger partial charge on any atom is 0.191 e. The second-order valence-corrected chi connectivity index (χ2v) is 4.28. The quantitative estimate of drug-likeness (QED) is 0.550. The number of hydrogen-bond acceptors (Lipinski definition) is 3. The Bertz CT molecular complexity index is 344. The molecule has 0 fully saturated rings. The number of hydrogen-bond donors (Lipinski definition) is 2. The van der Waals surface area contributed by atoms with Gasteiger partial charge in [0.05, 0.1) is 6.26 Å². The van der Waals surface area contributed by atoms with Crippen LogP contribution < -0.4 is 10.6 Å². The van der Waals surface area contributed by atoms with Crippen molar-refractivity contribution in [3.8, 4) is 0 Å². The molecular weight excluding hydrogens is 240 g/mol. The van der Waals surface area contributed by atoms with Gasteiger partial charge in [-0.1, -0.05) is 13.8 Å². The highest BCUT2D eigenvalue weighted by atomic mass is 16.3.